The molecule has 0 radical (unpaired) electrons. The summed E-state index contributed by atoms with van der Waals surface area (Å²) < 4.78 is 0. The van der Waals surface area contributed by atoms with E-state index in [0.29, 0.717) is 11.6 Å². The minimum Gasteiger partial charge on any atom is -0.318 e. The van der Waals surface area contributed by atoms with Crippen LogP contribution in [-0.2, 0) is 4.79 Å². The molecule has 0 fully saturated rings. The van der Waals surface area contributed by atoms with E-state index in [2.05, 4.69) is 33.7 Å². The number of nitrogens with two attached hydrogens (primary N) is 1. The van der Waals surface area contributed by atoms with Crippen LogP contribution in [0.3, 0.4) is 0 Å². The molecule has 0 saturated carbocycles. The van der Waals surface area contributed by atoms with Crippen molar-refractivity contribution < 1.29 is 4.79 Å². The van der Waals surface area contributed by atoms with Crippen molar-refractivity contribution in [1.82, 2.24) is 10.2 Å². The summed E-state index contributed by atoms with van der Waals surface area (Å²) in [6, 6.07) is 6.23. The maximum absolute atomic E-state index is 12.2. The number of nitrogens with one attached hydrogen (secondary N) is 1. The molecule has 0 aliphatic heterocycles. The summed E-state index contributed by atoms with van der Waals surface area (Å²) in [5.41, 5.74) is 8.49. The Hall–Kier alpha value is -1.50. The van der Waals surface area contributed by atoms with E-state index in [1.807, 2.05) is 20.8 Å². The summed E-state index contributed by atoms with van der Waals surface area (Å²) in [6.45, 7) is 7.83. The minimum atomic E-state index is -0.888. The molecular formula is C16H23ClN4OS. The van der Waals surface area contributed by atoms with Crippen LogP contribution in [0, 0.1) is 13.8 Å². The summed E-state index contributed by atoms with van der Waals surface area (Å²) in [5.74, 6) is -0.225. The zero-order valence-electron chi connectivity index (χ0n) is 13.8. The molecule has 1 amide bonds. The Bertz CT molecular complexity index is 664. The lowest BCUT2D eigenvalue weighted by atomic mass is 9.97. The van der Waals surface area contributed by atoms with Gasteiger partial charge in [-0.1, -0.05) is 41.9 Å². The number of aromatic nitrogens is 2. The van der Waals surface area contributed by atoms with Gasteiger partial charge in [-0.25, -0.2) is 0 Å². The topological polar surface area (TPSA) is 80.9 Å². The van der Waals surface area contributed by atoms with E-state index >= 15 is 0 Å². The van der Waals surface area contributed by atoms with Crippen molar-refractivity contribution in [3.05, 3.63) is 29.3 Å². The van der Waals surface area contributed by atoms with Gasteiger partial charge in [0.25, 0.3) is 0 Å². The number of carbonyl (C=O) groups is 1. The van der Waals surface area contributed by atoms with Crippen LogP contribution < -0.4 is 11.1 Å². The monoisotopic (exact) mass is 354 g/mol. The molecule has 0 saturated heterocycles. The highest BCUT2D eigenvalue weighted by Crippen LogP contribution is 2.28. The highest BCUT2D eigenvalue weighted by molar-refractivity contribution is 7.18. The van der Waals surface area contributed by atoms with E-state index in [-0.39, 0.29) is 18.3 Å². The second-order valence-corrected chi connectivity index (χ2v) is 6.89. The Balaban J connectivity index is 0.00000264. The zero-order valence-corrected chi connectivity index (χ0v) is 15.5. The van der Waals surface area contributed by atoms with Crippen molar-refractivity contribution in [2.45, 2.75) is 46.1 Å². The fourth-order valence-electron chi connectivity index (χ4n) is 2.36. The molecule has 23 heavy (non-hydrogen) atoms. The second-order valence-electron chi connectivity index (χ2n) is 5.91. The van der Waals surface area contributed by atoms with Gasteiger partial charge in [0.1, 0.15) is 5.01 Å². The van der Waals surface area contributed by atoms with E-state index < -0.39 is 5.54 Å². The van der Waals surface area contributed by atoms with Gasteiger partial charge in [-0.15, -0.1) is 22.6 Å². The summed E-state index contributed by atoms with van der Waals surface area (Å²) in [6.07, 6.45) is 1.48. The molecule has 1 unspecified atom stereocenters. The van der Waals surface area contributed by atoms with Gasteiger partial charge in [0.05, 0.1) is 5.54 Å². The molecule has 0 spiro atoms. The Labute approximate surface area is 147 Å². The first kappa shape index (κ1) is 19.5. The third-order valence-corrected chi connectivity index (χ3v) is 4.29. The molecule has 2 rings (SSSR count). The molecule has 1 heterocycles. The van der Waals surface area contributed by atoms with Gasteiger partial charge in [0.2, 0.25) is 11.0 Å². The van der Waals surface area contributed by atoms with Crippen molar-refractivity contribution in [2.75, 3.05) is 5.32 Å². The van der Waals surface area contributed by atoms with Crippen LogP contribution in [0.4, 0.5) is 5.13 Å². The van der Waals surface area contributed by atoms with Crippen molar-refractivity contribution in [2.24, 2.45) is 5.73 Å². The van der Waals surface area contributed by atoms with Crippen LogP contribution in [0.5, 0.6) is 0 Å². The van der Waals surface area contributed by atoms with Crippen molar-refractivity contribution in [3.63, 3.8) is 0 Å². The van der Waals surface area contributed by atoms with Gasteiger partial charge in [-0.3, -0.25) is 10.1 Å². The molecule has 0 aliphatic rings. The van der Waals surface area contributed by atoms with Crippen LogP contribution in [-0.4, -0.2) is 21.6 Å². The molecule has 0 bridgehead atoms. The number of halogens is 1. The molecular weight excluding hydrogens is 332 g/mol. The number of hydrogen-bond acceptors (Lipinski definition) is 5. The van der Waals surface area contributed by atoms with Crippen molar-refractivity contribution in [3.8, 4) is 10.6 Å². The number of anilines is 1. The Morgan fingerprint density at radius 3 is 2.43 bits per heavy atom. The first-order chi connectivity index (χ1) is 10.3. The van der Waals surface area contributed by atoms with Gasteiger partial charge in [0.15, 0.2) is 0 Å². The maximum Gasteiger partial charge on any atom is 0.245 e. The first-order valence-corrected chi connectivity index (χ1v) is 8.16. The molecule has 3 N–H and O–H groups in total. The number of hydrogen-bond donors (Lipinski definition) is 2. The average molecular weight is 355 g/mol. The predicted molar refractivity (Wildman–Crippen MR) is 98.2 cm³/mol. The number of aryl methyl sites for hydroxylation is 2. The number of amides is 1. The summed E-state index contributed by atoms with van der Waals surface area (Å²) in [4.78, 5) is 12.2. The number of nitrogens with zero attached hydrogens (tertiary/aromatic N) is 2. The minimum absolute atomic E-state index is 0. The first-order valence-electron chi connectivity index (χ1n) is 7.34. The standard InChI is InChI=1S/C16H22N4OS.ClH/c1-5-6-16(4,17)14(21)18-15-20-19-13(22-15)12-8-10(2)7-11(3)9-12;/h7-9H,5-6,17H2,1-4H3,(H,18,20,21);1H. The molecule has 7 heteroatoms. The van der Waals surface area contributed by atoms with E-state index in [1.54, 1.807) is 6.92 Å². The van der Waals surface area contributed by atoms with Crippen molar-refractivity contribution in [1.29, 1.82) is 0 Å². The Morgan fingerprint density at radius 2 is 1.87 bits per heavy atom. The van der Waals surface area contributed by atoms with Crippen LogP contribution in [0.15, 0.2) is 18.2 Å². The summed E-state index contributed by atoms with van der Waals surface area (Å²) >= 11 is 1.36. The van der Waals surface area contributed by atoms with Gasteiger partial charge in [-0.2, -0.15) is 0 Å². The summed E-state index contributed by atoms with van der Waals surface area (Å²) in [5, 5.41) is 12.2. The smallest absolute Gasteiger partial charge is 0.245 e. The third-order valence-electron chi connectivity index (χ3n) is 3.40. The van der Waals surface area contributed by atoms with E-state index in [9.17, 15) is 4.79 Å². The Morgan fingerprint density at radius 1 is 1.26 bits per heavy atom. The molecule has 1 aromatic heterocycles. The largest absolute Gasteiger partial charge is 0.318 e. The maximum atomic E-state index is 12.2. The fourth-order valence-corrected chi connectivity index (χ4v) is 3.09. The molecule has 1 atom stereocenters. The van der Waals surface area contributed by atoms with Crippen molar-refractivity contribution >= 4 is 34.8 Å². The number of rotatable bonds is 5. The molecule has 126 valence electrons. The molecule has 1 aromatic carbocycles. The Kier molecular flexibility index (Phi) is 6.68. The number of carbonyl (C=O) groups excluding carboxylic acids is 1. The van der Waals surface area contributed by atoms with Gasteiger partial charge >= 0.3 is 0 Å². The van der Waals surface area contributed by atoms with Crippen LogP contribution in [0.25, 0.3) is 10.6 Å². The fraction of sp³-hybridized carbons (Fsp3) is 0.438. The van der Waals surface area contributed by atoms with Crippen LogP contribution >= 0.6 is 23.7 Å². The normalized spacial score (nSPS) is 13.1. The third kappa shape index (κ3) is 4.99. The van der Waals surface area contributed by atoms with E-state index in [4.69, 9.17) is 5.73 Å². The lowest BCUT2D eigenvalue weighted by Crippen LogP contribution is -2.48. The van der Waals surface area contributed by atoms with E-state index in [0.717, 1.165) is 17.0 Å². The predicted octanol–water partition coefficient (Wildman–Crippen LogP) is 3.70. The quantitative estimate of drug-likeness (QED) is 0.857. The van der Waals surface area contributed by atoms with Gasteiger partial charge < -0.3 is 5.73 Å². The highest BCUT2D eigenvalue weighted by atomic mass is 35.5. The lowest BCUT2D eigenvalue weighted by molar-refractivity contribution is -0.120. The molecule has 0 aliphatic carbocycles. The van der Waals surface area contributed by atoms with Gasteiger partial charge in [-0.05, 0) is 39.3 Å². The van der Waals surface area contributed by atoms with Crippen LogP contribution in [0.1, 0.15) is 37.8 Å². The van der Waals surface area contributed by atoms with E-state index in [1.165, 1.54) is 22.5 Å². The highest BCUT2D eigenvalue weighted by Gasteiger charge is 2.28. The molecule has 5 nitrogen and oxygen atoms in total. The zero-order chi connectivity index (χ0) is 16.3. The lowest BCUT2D eigenvalue weighted by Gasteiger charge is -2.21. The number of benzene rings is 1. The average Bonchev–Trinajstić information content (AvgIpc) is 2.86. The summed E-state index contributed by atoms with van der Waals surface area (Å²) in [7, 11) is 0. The van der Waals surface area contributed by atoms with Gasteiger partial charge in [0, 0.05) is 5.56 Å². The SMILES string of the molecule is CCCC(C)(N)C(=O)Nc1nnc(-c2cc(C)cc(C)c2)s1.Cl. The van der Waals surface area contributed by atoms with Crippen LogP contribution in [0.2, 0.25) is 0 Å². The molecule has 2 aromatic rings. The second kappa shape index (κ2) is 7.86.